The van der Waals surface area contributed by atoms with Crippen LogP contribution in [0.2, 0.25) is 0 Å². The van der Waals surface area contributed by atoms with Crippen molar-refractivity contribution in [3.8, 4) is 0 Å². The van der Waals surface area contributed by atoms with Crippen LogP contribution in [0.4, 0.5) is 0 Å². The minimum absolute atomic E-state index is 0.174. The van der Waals surface area contributed by atoms with Crippen molar-refractivity contribution in [3.05, 3.63) is 0 Å². The zero-order chi connectivity index (χ0) is 9.90. The zero-order valence-corrected chi connectivity index (χ0v) is 9.47. The highest BCUT2D eigenvalue weighted by atomic mass is 14.7. The van der Waals surface area contributed by atoms with E-state index in [1.807, 2.05) is 0 Å². The Hall–Kier alpha value is -0.0400. The second kappa shape index (κ2) is 4.45. The molecule has 2 N–H and O–H groups in total. The van der Waals surface area contributed by atoms with Gasteiger partial charge in [-0.1, -0.05) is 40.0 Å². The second-order valence-corrected chi connectivity index (χ2v) is 5.28. The van der Waals surface area contributed by atoms with Gasteiger partial charge in [0.25, 0.3) is 0 Å². The van der Waals surface area contributed by atoms with Crippen molar-refractivity contribution in [2.45, 2.75) is 64.8 Å². The van der Waals surface area contributed by atoms with Crippen LogP contribution in [0, 0.1) is 11.8 Å². The minimum atomic E-state index is 0.174. The van der Waals surface area contributed by atoms with Gasteiger partial charge in [-0.2, -0.15) is 0 Å². The van der Waals surface area contributed by atoms with Gasteiger partial charge in [0.1, 0.15) is 0 Å². The Balaban J connectivity index is 2.44. The van der Waals surface area contributed by atoms with E-state index in [1.165, 1.54) is 38.5 Å². The van der Waals surface area contributed by atoms with Crippen molar-refractivity contribution in [1.29, 1.82) is 0 Å². The maximum Gasteiger partial charge on any atom is 0.0159 e. The van der Waals surface area contributed by atoms with Crippen LogP contribution in [0.25, 0.3) is 0 Å². The molecule has 3 atom stereocenters. The van der Waals surface area contributed by atoms with E-state index in [4.69, 9.17) is 5.73 Å². The van der Waals surface area contributed by atoms with Gasteiger partial charge in [0, 0.05) is 5.54 Å². The molecular weight excluding hydrogens is 158 g/mol. The van der Waals surface area contributed by atoms with Crippen LogP contribution < -0.4 is 5.73 Å². The molecule has 0 radical (unpaired) electrons. The Morgan fingerprint density at radius 2 is 2.23 bits per heavy atom. The molecule has 1 saturated carbocycles. The summed E-state index contributed by atoms with van der Waals surface area (Å²) < 4.78 is 0. The molecule has 1 aliphatic carbocycles. The number of hydrogen-bond acceptors (Lipinski definition) is 1. The SMILES string of the molecule is CCC(C)CC1(N)CCCC(C)C1. The van der Waals surface area contributed by atoms with Crippen LogP contribution in [0.5, 0.6) is 0 Å². The quantitative estimate of drug-likeness (QED) is 0.713. The average Bonchev–Trinajstić information content (AvgIpc) is 2.02. The van der Waals surface area contributed by atoms with Crippen molar-refractivity contribution in [2.24, 2.45) is 17.6 Å². The molecule has 1 rings (SSSR count). The monoisotopic (exact) mass is 183 g/mol. The van der Waals surface area contributed by atoms with Crippen molar-refractivity contribution >= 4 is 0 Å². The zero-order valence-electron chi connectivity index (χ0n) is 9.47. The topological polar surface area (TPSA) is 26.0 Å². The van der Waals surface area contributed by atoms with Crippen molar-refractivity contribution in [1.82, 2.24) is 0 Å². The highest BCUT2D eigenvalue weighted by Gasteiger charge is 2.31. The van der Waals surface area contributed by atoms with Gasteiger partial charge in [0.05, 0.1) is 0 Å². The van der Waals surface area contributed by atoms with Gasteiger partial charge in [-0.25, -0.2) is 0 Å². The molecule has 1 aliphatic rings. The largest absolute Gasteiger partial charge is 0.325 e. The summed E-state index contributed by atoms with van der Waals surface area (Å²) in [5.41, 5.74) is 6.60. The van der Waals surface area contributed by atoms with Gasteiger partial charge >= 0.3 is 0 Å². The Morgan fingerprint density at radius 1 is 1.54 bits per heavy atom. The Labute approximate surface area is 83.1 Å². The third kappa shape index (κ3) is 3.30. The molecule has 0 bridgehead atoms. The van der Waals surface area contributed by atoms with Crippen LogP contribution in [-0.2, 0) is 0 Å². The molecule has 0 saturated heterocycles. The molecule has 0 amide bonds. The fourth-order valence-corrected chi connectivity index (χ4v) is 2.72. The van der Waals surface area contributed by atoms with Crippen molar-refractivity contribution in [3.63, 3.8) is 0 Å². The molecule has 0 aromatic carbocycles. The molecule has 0 aliphatic heterocycles. The van der Waals surface area contributed by atoms with E-state index in [1.54, 1.807) is 0 Å². The highest BCUT2D eigenvalue weighted by molar-refractivity contribution is 4.90. The lowest BCUT2D eigenvalue weighted by molar-refractivity contribution is 0.198. The Morgan fingerprint density at radius 3 is 2.77 bits per heavy atom. The van der Waals surface area contributed by atoms with E-state index in [0.717, 1.165) is 11.8 Å². The van der Waals surface area contributed by atoms with Gasteiger partial charge in [-0.15, -0.1) is 0 Å². The first-order chi connectivity index (χ1) is 6.06. The number of hydrogen-bond donors (Lipinski definition) is 1. The fourth-order valence-electron chi connectivity index (χ4n) is 2.72. The van der Waals surface area contributed by atoms with Gasteiger partial charge in [-0.05, 0) is 31.1 Å². The van der Waals surface area contributed by atoms with Crippen LogP contribution in [-0.4, -0.2) is 5.54 Å². The normalized spacial score (nSPS) is 37.4. The standard InChI is InChI=1S/C12H25N/c1-4-10(2)8-12(13)7-5-6-11(3)9-12/h10-11H,4-9,13H2,1-3H3. The third-order valence-electron chi connectivity index (χ3n) is 3.58. The summed E-state index contributed by atoms with van der Waals surface area (Å²) in [6, 6.07) is 0. The van der Waals surface area contributed by atoms with Gasteiger partial charge in [-0.3, -0.25) is 0 Å². The molecule has 1 fully saturated rings. The van der Waals surface area contributed by atoms with Crippen LogP contribution in [0.1, 0.15) is 59.3 Å². The summed E-state index contributed by atoms with van der Waals surface area (Å²) in [5.74, 6) is 1.65. The molecular formula is C12H25N. The summed E-state index contributed by atoms with van der Waals surface area (Å²) in [6.07, 6.45) is 7.73. The molecule has 3 unspecified atom stereocenters. The summed E-state index contributed by atoms with van der Waals surface area (Å²) in [6.45, 7) is 6.94. The van der Waals surface area contributed by atoms with Gasteiger partial charge in [0.15, 0.2) is 0 Å². The van der Waals surface area contributed by atoms with Crippen molar-refractivity contribution < 1.29 is 0 Å². The maximum absolute atomic E-state index is 6.43. The second-order valence-electron chi connectivity index (χ2n) is 5.28. The maximum atomic E-state index is 6.43. The summed E-state index contributed by atoms with van der Waals surface area (Å²) >= 11 is 0. The lowest BCUT2D eigenvalue weighted by atomic mass is 9.72. The summed E-state index contributed by atoms with van der Waals surface area (Å²) in [7, 11) is 0. The van der Waals surface area contributed by atoms with Gasteiger partial charge < -0.3 is 5.73 Å². The molecule has 0 heterocycles. The minimum Gasteiger partial charge on any atom is -0.325 e. The molecule has 1 heteroatoms. The van der Waals surface area contributed by atoms with Crippen LogP contribution in [0.15, 0.2) is 0 Å². The first kappa shape index (κ1) is 11.0. The smallest absolute Gasteiger partial charge is 0.0159 e. The molecule has 0 aromatic heterocycles. The lowest BCUT2D eigenvalue weighted by Gasteiger charge is -2.38. The molecule has 0 aromatic rings. The Kier molecular flexibility index (Phi) is 3.78. The van der Waals surface area contributed by atoms with E-state index < -0.39 is 0 Å². The highest BCUT2D eigenvalue weighted by Crippen LogP contribution is 2.35. The number of rotatable bonds is 3. The Bertz CT molecular complexity index is 155. The van der Waals surface area contributed by atoms with E-state index >= 15 is 0 Å². The lowest BCUT2D eigenvalue weighted by Crippen LogP contribution is -2.45. The summed E-state index contributed by atoms with van der Waals surface area (Å²) in [5, 5.41) is 0. The summed E-state index contributed by atoms with van der Waals surface area (Å²) in [4.78, 5) is 0. The van der Waals surface area contributed by atoms with E-state index in [0.29, 0.717) is 0 Å². The first-order valence-electron chi connectivity index (χ1n) is 5.84. The average molecular weight is 183 g/mol. The third-order valence-corrected chi connectivity index (χ3v) is 3.58. The van der Waals surface area contributed by atoms with Crippen molar-refractivity contribution in [2.75, 3.05) is 0 Å². The predicted octanol–water partition coefficient (Wildman–Crippen LogP) is 3.33. The fraction of sp³-hybridized carbons (Fsp3) is 1.00. The molecule has 13 heavy (non-hydrogen) atoms. The number of nitrogens with two attached hydrogens (primary N) is 1. The van der Waals surface area contributed by atoms with E-state index in [-0.39, 0.29) is 5.54 Å². The molecule has 0 spiro atoms. The first-order valence-corrected chi connectivity index (χ1v) is 5.84. The van der Waals surface area contributed by atoms with Gasteiger partial charge in [0.2, 0.25) is 0 Å². The molecule has 78 valence electrons. The van der Waals surface area contributed by atoms with Crippen LogP contribution >= 0.6 is 0 Å². The molecule has 1 nitrogen and oxygen atoms in total. The predicted molar refractivity (Wildman–Crippen MR) is 58.6 cm³/mol. The van der Waals surface area contributed by atoms with E-state index in [9.17, 15) is 0 Å². The van der Waals surface area contributed by atoms with Crippen LogP contribution in [0.3, 0.4) is 0 Å². The van der Waals surface area contributed by atoms with E-state index in [2.05, 4.69) is 20.8 Å².